The summed E-state index contributed by atoms with van der Waals surface area (Å²) in [4.78, 5) is 2.32. The zero-order valence-electron chi connectivity index (χ0n) is 18.9. The lowest BCUT2D eigenvalue weighted by Crippen LogP contribution is -2.09. The van der Waals surface area contributed by atoms with Crippen LogP contribution >= 0.6 is 0 Å². The third-order valence-corrected chi connectivity index (χ3v) is 5.09. The summed E-state index contributed by atoms with van der Waals surface area (Å²) < 4.78 is 0. The molecule has 0 bridgehead atoms. The minimum Gasteiger partial charge on any atom is -0.317 e. The van der Waals surface area contributed by atoms with E-state index in [1.807, 2.05) is 0 Å². The third-order valence-electron chi connectivity index (χ3n) is 5.09. The Morgan fingerprint density at radius 3 is 1.97 bits per heavy atom. The number of hydrogen-bond donors (Lipinski definition) is 0. The van der Waals surface area contributed by atoms with Gasteiger partial charge in [-0.3, -0.25) is 0 Å². The molecule has 0 heterocycles. The molecule has 0 fully saturated rings. The van der Waals surface area contributed by atoms with Crippen LogP contribution in [0.5, 0.6) is 0 Å². The predicted octanol–water partition coefficient (Wildman–Crippen LogP) is 9.00. The summed E-state index contributed by atoms with van der Waals surface area (Å²) in [5, 5.41) is 0. The topological polar surface area (TPSA) is 3.24 Å². The maximum atomic E-state index is 2.33. The number of hydrogen-bond acceptors (Lipinski definition) is 1. The van der Waals surface area contributed by atoms with E-state index in [1.165, 1.54) is 42.6 Å². The number of unbranched alkanes of at least 4 members (excludes halogenated alkanes) is 2. The van der Waals surface area contributed by atoms with Gasteiger partial charge in [-0.15, -0.1) is 0 Å². The summed E-state index contributed by atoms with van der Waals surface area (Å²) in [5.74, 6) is 1.56. The van der Waals surface area contributed by atoms with Gasteiger partial charge in [0.15, 0.2) is 0 Å². The van der Waals surface area contributed by atoms with E-state index in [9.17, 15) is 0 Å². The fourth-order valence-corrected chi connectivity index (χ4v) is 3.42. The van der Waals surface area contributed by atoms with Crippen LogP contribution in [-0.2, 0) is 0 Å². The van der Waals surface area contributed by atoms with Crippen LogP contribution in [0.4, 0.5) is 11.4 Å². The van der Waals surface area contributed by atoms with Gasteiger partial charge in [0.1, 0.15) is 0 Å². The van der Waals surface area contributed by atoms with E-state index >= 15 is 0 Å². The van der Waals surface area contributed by atoms with E-state index in [2.05, 4.69) is 112 Å². The van der Waals surface area contributed by atoms with Crippen LogP contribution in [0.1, 0.15) is 71.8 Å². The lowest BCUT2D eigenvalue weighted by molar-refractivity contribution is 0.559. The zero-order valence-corrected chi connectivity index (χ0v) is 18.9. The molecule has 0 unspecified atom stereocenters. The molecule has 0 spiro atoms. The van der Waals surface area contributed by atoms with Crippen LogP contribution < -0.4 is 4.90 Å². The van der Waals surface area contributed by atoms with E-state index in [1.54, 1.807) is 0 Å². The number of nitrogens with zero attached hydrogens (tertiary/aromatic N) is 1. The first-order valence-electron chi connectivity index (χ1n) is 11.3. The van der Waals surface area contributed by atoms with Crippen molar-refractivity contribution in [3.05, 3.63) is 78.5 Å². The van der Waals surface area contributed by atoms with Gasteiger partial charge in [0.2, 0.25) is 0 Å². The fourth-order valence-electron chi connectivity index (χ4n) is 3.42. The molecule has 2 rings (SSSR count). The molecule has 2 aromatic rings. The molecule has 2 aromatic carbocycles. The minimum atomic E-state index is 0.773. The second-order valence-electron chi connectivity index (χ2n) is 8.70. The molecule has 156 valence electrons. The number of para-hydroxylation sites is 2. The highest BCUT2D eigenvalue weighted by Crippen LogP contribution is 2.30. The van der Waals surface area contributed by atoms with Crippen LogP contribution in [0.2, 0.25) is 0 Å². The molecule has 0 atom stereocenters. The summed E-state index contributed by atoms with van der Waals surface area (Å²) in [6.07, 6.45) is 16.5. The van der Waals surface area contributed by atoms with Crippen molar-refractivity contribution in [2.45, 2.75) is 66.2 Å². The summed E-state index contributed by atoms with van der Waals surface area (Å²) in [6, 6.07) is 19.4. The van der Waals surface area contributed by atoms with Crippen LogP contribution in [0.15, 0.2) is 72.9 Å². The van der Waals surface area contributed by atoms with Crippen molar-refractivity contribution in [3.63, 3.8) is 0 Å². The van der Waals surface area contributed by atoms with E-state index in [0.717, 1.165) is 24.7 Å². The summed E-state index contributed by atoms with van der Waals surface area (Å²) in [5.41, 5.74) is 3.71. The van der Waals surface area contributed by atoms with E-state index < -0.39 is 0 Å². The van der Waals surface area contributed by atoms with Crippen molar-refractivity contribution >= 4 is 17.5 Å². The van der Waals surface area contributed by atoms with Crippen molar-refractivity contribution in [2.24, 2.45) is 11.8 Å². The van der Waals surface area contributed by atoms with Gasteiger partial charge >= 0.3 is 0 Å². The van der Waals surface area contributed by atoms with E-state index in [4.69, 9.17) is 0 Å². The van der Waals surface area contributed by atoms with Crippen LogP contribution in [0.3, 0.4) is 0 Å². The van der Waals surface area contributed by atoms with Gasteiger partial charge in [0.25, 0.3) is 0 Å². The Morgan fingerprint density at radius 1 is 0.724 bits per heavy atom. The molecular formula is C28H39N. The van der Waals surface area contributed by atoms with Gasteiger partial charge in [-0.2, -0.15) is 0 Å². The maximum Gasteiger partial charge on any atom is 0.0527 e. The predicted molar refractivity (Wildman–Crippen MR) is 131 cm³/mol. The minimum absolute atomic E-state index is 0.773. The molecule has 0 aliphatic heterocycles. The summed E-state index contributed by atoms with van der Waals surface area (Å²) in [7, 11) is 0. The van der Waals surface area contributed by atoms with Crippen molar-refractivity contribution in [1.82, 2.24) is 0 Å². The zero-order chi connectivity index (χ0) is 20.9. The Bertz CT molecular complexity index is 740. The molecule has 1 heteroatoms. The molecule has 29 heavy (non-hydrogen) atoms. The number of benzene rings is 2. The summed E-state index contributed by atoms with van der Waals surface area (Å²) in [6.45, 7) is 9.18. The molecular weight excluding hydrogens is 350 g/mol. The van der Waals surface area contributed by atoms with Gasteiger partial charge in [-0.05, 0) is 61.3 Å². The Kier molecular flexibility index (Phi) is 10.3. The molecule has 0 radical (unpaired) electrons. The Balaban J connectivity index is 2.17. The molecule has 0 saturated heterocycles. The summed E-state index contributed by atoms with van der Waals surface area (Å²) >= 11 is 0. The average molecular weight is 390 g/mol. The van der Waals surface area contributed by atoms with E-state index in [-0.39, 0.29) is 0 Å². The van der Waals surface area contributed by atoms with Crippen LogP contribution in [0, 0.1) is 11.8 Å². The Labute approximate surface area is 179 Å². The van der Waals surface area contributed by atoms with Crippen molar-refractivity contribution in [1.29, 1.82) is 0 Å². The normalized spacial score (nSPS) is 11.9. The standard InChI is InChI=1S/C28H39N/c1-24(2)16-8-5-10-18-26-19-13-14-22-28(26)29(27-20-11-6-12-21-27)23-15-7-9-17-25(3)4/h6,10-15,18-25H,5,7-9,16-17H2,1-4H3. The highest BCUT2D eigenvalue weighted by molar-refractivity contribution is 5.75. The smallest absolute Gasteiger partial charge is 0.0527 e. The molecule has 0 N–H and O–H groups in total. The molecule has 0 aliphatic rings. The highest BCUT2D eigenvalue weighted by Gasteiger charge is 2.09. The molecule has 0 amide bonds. The average Bonchev–Trinajstić information content (AvgIpc) is 2.71. The SMILES string of the molecule is CC(C)CCCC=Cc1ccccc1N(C=CCCCC(C)C)c1ccccc1. The lowest BCUT2D eigenvalue weighted by Gasteiger charge is -2.23. The first kappa shape index (κ1) is 23.0. The number of anilines is 2. The monoisotopic (exact) mass is 389 g/mol. The van der Waals surface area contributed by atoms with Gasteiger partial charge < -0.3 is 4.90 Å². The second kappa shape index (κ2) is 13.0. The van der Waals surface area contributed by atoms with Crippen LogP contribution in [0.25, 0.3) is 6.08 Å². The first-order chi connectivity index (χ1) is 14.1. The maximum absolute atomic E-state index is 2.33. The van der Waals surface area contributed by atoms with Crippen molar-refractivity contribution in [3.8, 4) is 0 Å². The Hall–Kier alpha value is -2.28. The molecule has 1 nitrogen and oxygen atoms in total. The largest absolute Gasteiger partial charge is 0.317 e. The molecule has 0 saturated carbocycles. The van der Waals surface area contributed by atoms with Crippen molar-refractivity contribution < 1.29 is 0 Å². The number of rotatable bonds is 12. The third kappa shape index (κ3) is 8.73. The quantitative estimate of drug-likeness (QED) is 0.327. The van der Waals surface area contributed by atoms with Crippen LogP contribution in [-0.4, -0.2) is 0 Å². The van der Waals surface area contributed by atoms with Gasteiger partial charge in [-0.25, -0.2) is 0 Å². The van der Waals surface area contributed by atoms with Gasteiger partial charge in [0, 0.05) is 11.9 Å². The van der Waals surface area contributed by atoms with E-state index in [0.29, 0.717) is 0 Å². The first-order valence-corrected chi connectivity index (χ1v) is 11.3. The molecule has 0 aromatic heterocycles. The lowest BCUT2D eigenvalue weighted by atomic mass is 10.1. The highest BCUT2D eigenvalue weighted by atomic mass is 15.1. The number of allylic oxidation sites excluding steroid dienone is 2. The fraction of sp³-hybridized carbons (Fsp3) is 0.429. The van der Waals surface area contributed by atoms with Crippen molar-refractivity contribution in [2.75, 3.05) is 4.90 Å². The molecule has 0 aliphatic carbocycles. The van der Waals surface area contributed by atoms with Gasteiger partial charge in [0.05, 0.1) is 5.69 Å². The second-order valence-corrected chi connectivity index (χ2v) is 8.70. The van der Waals surface area contributed by atoms with Gasteiger partial charge in [-0.1, -0.05) is 95.2 Å². The Morgan fingerprint density at radius 2 is 1.31 bits per heavy atom.